The number of anilines is 2. The monoisotopic (exact) mass is 315 g/mol. The molecule has 0 atom stereocenters. The van der Waals surface area contributed by atoms with Gasteiger partial charge in [-0.3, -0.25) is 4.79 Å². The maximum absolute atomic E-state index is 13.1. The Balaban J connectivity index is 1.65. The zero-order chi connectivity index (χ0) is 16.2. The van der Waals surface area contributed by atoms with Crippen LogP contribution in [0.2, 0.25) is 0 Å². The van der Waals surface area contributed by atoms with Crippen LogP contribution in [0.15, 0.2) is 36.4 Å². The van der Waals surface area contributed by atoms with Gasteiger partial charge in [0.25, 0.3) is 5.91 Å². The normalized spacial score (nSPS) is 15.5. The molecule has 0 unspecified atom stereocenters. The van der Waals surface area contributed by atoms with E-state index in [1.165, 1.54) is 18.2 Å². The Morgan fingerprint density at radius 3 is 2.57 bits per heavy atom. The first-order valence-electron chi connectivity index (χ1n) is 7.46. The Kier molecular flexibility index (Phi) is 4.47. The van der Waals surface area contributed by atoms with Gasteiger partial charge in [-0.25, -0.2) is 4.39 Å². The van der Waals surface area contributed by atoms with Gasteiger partial charge in [0.2, 0.25) is 0 Å². The molecule has 6 nitrogen and oxygen atoms in total. The van der Waals surface area contributed by atoms with Crippen LogP contribution in [-0.4, -0.2) is 54.2 Å². The number of nitrogens with one attached hydrogen (secondary N) is 1. The van der Waals surface area contributed by atoms with Gasteiger partial charge in [-0.2, -0.15) is 0 Å². The van der Waals surface area contributed by atoms with Crippen LogP contribution in [-0.2, 0) is 0 Å². The van der Waals surface area contributed by atoms with Crippen molar-refractivity contribution in [3.8, 4) is 0 Å². The highest BCUT2D eigenvalue weighted by molar-refractivity contribution is 6.02. The number of likely N-dealkylation sites (N-methyl/N-ethyl adjacent to an activating group) is 1. The summed E-state index contributed by atoms with van der Waals surface area (Å²) in [7, 11) is 2.09. The summed E-state index contributed by atoms with van der Waals surface area (Å²) in [5, 5.41) is 10.7. The Morgan fingerprint density at radius 1 is 1.13 bits per heavy atom. The smallest absolute Gasteiger partial charge is 0.276 e. The van der Waals surface area contributed by atoms with Gasteiger partial charge in [0.1, 0.15) is 5.82 Å². The molecule has 2 heterocycles. The maximum Gasteiger partial charge on any atom is 0.276 e. The molecule has 0 aliphatic carbocycles. The third-order valence-electron chi connectivity index (χ3n) is 3.79. The summed E-state index contributed by atoms with van der Waals surface area (Å²) >= 11 is 0. The van der Waals surface area contributed by atoms with Gasteiger partial charge in [0, 0.05) is 31.9 Å². The van der Waals surface area contributed by atoms with Crippen molar-refractivity contribution in [2.45, 2.75) is 0 Å². The van der Waals surface area contributed by atoms with Crippen molar-refractivity contribution in [3.05, 3.63) is 47.9 Å². The first-order chi connectivity index (χ1) is 11.1. The van der Waals surface area contributed by atoms with Gasteiger partial charge < -0.3 is 15.1 Å². The van der Waals surface area contributed by atoms with Gasteiger partial charge in [0.15, 0.2) is 11.5 Å². The van der Waals surface area contributed by atoms with Crippen LogP contribution in [0.3, 0.4) is 0 Å². The zero-order valence-corrected chi connectivity index (χ0v) is 12.9. The molecule has 1 N–H and O–H groups in total. The fraction of sp³-hybridized carbons (Fsp3) is 0.312. The van der Waals surface area contributed by atoms with E-state index in [0.29, 0.717) is 5.69 Å². The van der Waals surface area contributed by atoms with Crippen LogP contribution in [0.4, 0.5) is 15.9 Å². The highest BCUT2D eigenvalue weighted by Crippen LogP contribution is 2.14. The summed E-state index contributed by atoms with van der Waals surface area (Å²) in [5.41, 5.74) is 0.590. The van der Waals surface area contributed by atoms with Crippen LogP contribution >= 0.6 is 0 Å². The number of carbonyl (C=O) groups excluding carboxylic acids is 1. The van der Waals surface area contributed by atoms with E-state index in [4.69, 9.17) is 0 Å². The number of piperazine rings is 1. The number of rotatable bonds is 3. The van der Waals surface area contributed by atoms with Crippen LogP contribution in [0.5, 0.6) is 0 Å². The van der Waals surface area contributed by atoms with E-state index in [2.05, 4.69) is 32.4 Å². The van der Waals surface area contributed by atoms with E-state index in [-0.39, 0.29) is 5.69 Å². The Labute approximate surface area is 133 Å². The summed E-state index contributed by atoms with van der Waals surface area (Å²) < 4.78 is 13.1. The number of aromatic nitrogens is 2. The molecule has 0 radical (unpaired) electrons. The third kappa shape index (κ3) is 3.81. The highest BCUT2D eigenvalue weighted by atomic mass is 19.1. The van der Waals surface area contributed by atoms with Crippen molar-refractivity contribution in [1.82, 2.24) is 15.1 Å². The average Bonchev–Trinajstić information content (AvgIpc) is 2.56. The van der Waals surface area contributed by atoms with E-state index < -0.39 is 11.7 Å². The summed E-state index contributed by atoms with van der Waals surface area (Å²) in [6, 6.07) is 9.15. The first kappa shape index (κ1) is 15.4. The van der Waals surface area contributed by atoms with E-state index in [1.54, 1.807) is 18.2 Å². The number of hydrogen-bond acceptors (Lipinski definition) is 5. The fourth-order valence-corrected chi connectivity index (χ4v) is 2.41. The minimum Gasteiger partial charge on any atom is -0.353 e. The lowest BCUT2D eigenvalue weighted by Crippen LogP contribution is -2.44. The summed E-state index contributed by atoms with van der Waals surface area (Å²) in [6.07, 6.45) is 0. The van der Waals surface area contributed by atoms with Gasteiger partial charge in [-0.1, -0.05) is 6.07 Å². The van der Waals surface area contributed by atoms with Crippen molar-refractivity contribution in [3.63, 3.8) is 0 Å². The van der Waals surface area contributed by atoms with Crippen molar-refractivity contribution in [2.75, 3.05) is 43.4 Å². The minimum atomic E-state index is -0.409. The lowest BCUT2D eigenvalue weighted by atomic mass is 10.3. The Hall–Kier alpha value is -2.54. The zero-order valence-electron chi connectivity index (χ0n) is 12.9. The molecule has 1 aromatic heterocycles. The second kappa shape index (κ2) is 6.70. The van der Waals surface area contributed by atoms with Gasteiger partial charge in [0.05, 0.1) is 0 Å². The molecule has 120 valence electrons. The summed E-state index contributed by atoms with van der Waals surface area (Å²) in [4.78, 5) is 16.5. The van der Waals surface area contributed by atoms with Crippen molar-refractivity contribution < 1.29 is 9.18 Å². The van der Waals surface area contributed by atoms with Crippen LogP contribution < -0.4 is 10.2 Å². The fourth-order valence-electron chi connectivity index (χ4n) is 2.41. The largest absolute Gasteiger partial charge is 0.353 e. The molecule has 1 aliphatic rings. The van der Waals surface area contributed by atoms with Crippen molar-refractivity contribution >= 4 is 17.4 Å². The molecule has 1 amide bonds. The molecule has 1 aliphatic heterocycles. The molecule has 1 saturated heterocycles. The number of hydrogen-bond donors (Lipinski definition) is 1. The van der Waals surface area contributed by atoms with E-state index in [9.17, 15) is 9.18 Å². The van der Waals surface area contributed by atoms with E-state index in [1.807, 2.05) is 0 Å². The average molecular weight is 315 g/mol. The van der Waals surface area contributed by atoms with Crippen LogP contribution in [0, 0.1) is 5.82 Å². The quantitative estimate of drug-likeness (QED) is 0.932. The molecule has 23 heavy (non-hydrogen) atoms. The molecule has 1 fully saturated rings. The highest BCUT2D eigenvalue weighted by Gasteiger charge is 2.16. The van der Waals surface area contributed by atoms with Crippen molar-refractivity contribution in [2.24, 2.45) is 0 Å². The first-order valence-corrected chi connectivity index (χ1v) is 7.46. The molecule has 2 aromatic rings. The van der Waals surface area contributed by atoms with Gasteiger partial charge >= 0.3 is 0 Å². The summed E-state index contributed by atoms with van der Waals surface area (Å²) in [6.45, 7) is 3.73. The predicted molar refractivity (Wildman–Crippen MR) is 86.1 cm³/mol. The molecule has 3 rings (SSSR count). The number of halogens is 1. The van der Waals surface area contributed by atoms with E-state index in [0.717, 1.165) is 32.0 Å². The summed E-state index contributed by atoms with van der Waals surface area (Å²) in [5.74, 6) is -0.0484. The molecule has 1 aromatic carbocycles. The molecular weight excluding hydrogens is 297 g/mol. The SMILES string of the molecule is CN1CCN(c2ccc(C(=O)Nc3cccc(F)c3)nn2)CC1. The second-order valence-corrected chi connectivity index (χ2v) is 5.53. The molecule has 7 heteroatoms. The maximum atomic E-state index is 13.1. The van der Waals surface area contributed by atoms with Gasteiger partial charge in [-0.15, -0.1) is 10.2 Å². The minimum absolute atomic E-state index is 0.201. The number of benzene rings is 1. The lowest BCUT2D eigenvalue weighted by molar-refractivity contribution is 0.102. The Bertz CT molecular complexity index is 683. The third-order valence-corrected chi connectivity index (χ3v) is 3.79. The number of carbonyl (C=O) groups is 1. The number of amides is 1. The molecular formula is C16H18FN5O. The number of nitrogens with zero attached hydrogens (tertiary/aromatic N) is 4. The molecule has 0 saturated carbocycles. The van der Waals surface area contributed by atoms with Gasteiger partial charge in [-0.05, 0) is 37.4 Å². The van der Waals surface area contributed by atoms with E-state index >= 15 is 0 Å². The van der Waals surface area contributed by atoms with Crippen LogP contribution in [0.1, 0.15) is 10.5 Å². The predicted octanol–water partition coefficient (Wildman–Crippen LogP) is 1.62. The Morgan fingerprint density at radius 2 is 1.91 bits per heavy atom. The topological polar surface area (TPSA) is 61.4 Å². The molecule has 0 bridgehead atoms. The molecule has 0 spiro atoms. The standard InChI is InChI=1S/C16H18FN5O/c1-21-7-9-22(10-8-21)15-6-5-14(19-20-15)16(23)18-13-4-2-3-12(17)11-13/h2-6,11H,7-10H2,1H3,(H,18,23). The van der Waals surface area contributed by atoms with Crippen molar-refractivity contribution in [1.29, 1.82) is 0 Å². The van der Waals surface area contributed by atoms with Crippen LogP contribution in [0.25, 0.3) is 0 Å². The second-order valence-electron chi connectivity index (χ2n) is 5.53. The lowest BCUT2D eigenvalue weighted by Gasteiger charge is -2.32.